The van der Waals surface area contributed by atoms with Gasteiger partial charge in [-0.2, -0.15) is 0 Å². The Hall–Kier alpha value is -1.36. The van der Waals surface area contributed by atoms with Gasteiger partial charge in [-0.1, -0.05) is 6.92 Å². The predicted octanol–water partition coefficient (Wildman–Crippen LogP) is 0.519. The molecular weight excluding hydrogens is 204 g/mol. The summed E-state index contributed by atoms with van der Waals surface area (Å²) >= 11 is 0. The fourth-order valence-electron chi connectivity index (χ4n) is 1.43. The zero-order chi connectivity index (χ0) is 11.8. The molecule has 0 spiro atoms. The molecular formula is C11H20N4O. The summed E-state index contributed by atoms with van der Waals surface area (Å²) in [5, 5.41) is 5.91. The van der Waals surface area contributed by atoms with Gasteiger partial charge in [0.05, 0.1) is 6.54 Å². The van der Waals surface area contributed by atoms with Crippen LogP contribution in [-0.4, -0.2) is 29.1 Å². The van der Waals surface area contributed by atoms with E-state index in [0.717, 1.165) is 25.3 Å². The molecule has 0 radical (unpaired) electrons. The van der Waals surface area contributed by atoms with Crippen LogP contribution in [0.3, 0.4) is 0 Å². The number of amides is 1. The third-order valence-electron chi connectivity index (χ3n) is 2.37. The number of hydrogen-bond donors (Lipinski definition) is 2. The third kappa shape index (κ3) is 4.02. The van der Waals surface area contributed by atoms with Crippen molar-refractivity contribution in [3.05, 3.63) is 18.2 Å². The number of aromatic nitrogens is 2. The van der Waals surface area contributed by atoms with E-state index in [1.54, 1.807) is 13.2 Å². The normalized spacial score (nSPS) is 10.4. The van der Waals surface area contributed by atoms with E-state index in [2.05, 4.69) is 22.5 Å². The Morgan fingerprint density at radius 1 is 1.56 bits per heavy atom. The number of nitrogens with one attached hydrogen (secondary N) is 2. The lowest BCUT2D eigenvalue weighted by atomic mass is 10.4. The van der Waals surface area contributed by atoms with Gasteiger partial charge in [0, 0.05) is 32.4 Å². The Morgan fingerprint density at radius 2 is 2.38 bits per heavy atom. The van der Waals surface area contributed by atoms with Gasteiger partial charge in [-0.05, 0) is 13.0 Å². The van der Waals surface area contributed by atoms with Gasteiger partial charge in [-0.3, -0.25) is 4.79 Å². The first-order valence-electron chi connectivity index (χ1n) is 5.69. The highest BCUT2D eigenvalue weighted by Crippen LogP contribution is 1.99. The van der Waals surface area contributed by atoms with E-state index in [4.69, 9.17) is 0 Å². The fraction of sp³-hybridized carbons (Fsp3) is 0.636. The maximum absolute atomic E-state index is 11.1. The predicted molar refractivity (Wildman–Crippen MR) is 62.9 cm³/mol. The third-order valence-corrected chi connectivity index (χ3v) is 2.37. The number of carbonyl (C=O) groups is 1. The van der Waals surface area contributed by atoms with Gasteiger partial charge < -0.3 is 15.2 Å². The summed E-state index contributed by atoms with van der Waals surface area (Å²) in [4.78, 5) is 15.4. The van der Waals surface area contributed by atoms with E-state index in [9.17, 15) is 4.79 Å². The van der Waals surface area contributed by atoms with E-state index in [0.29, 0.717) is 13.0 Å². The van der Waals surface area contributed by atoms with Crippen molar-refractivity contribution in [1.82, 2.24) is 20.2 Å². The van der Waals surface area contributed by atoms with Crippen LogP contribution in [0.25, 0.3) is 0 Å². The topological polar surface area (TPSA) is 59.0 Å². The molecule has 0 unspecified atom stereocenters. The van der Waals surface area contributed by atoms with Crippen LogP contribution in [0.2, 0.25) is 0 Å². The average Bonchev–Trinajstić information content (AvgIpc) is 2.74. The second-order valence-electron chi connectivity index (χ2n) is 3.64. The van der Waals surface area contributed by atoms with Crippen molar-refractivity contribution in [3.63, 3.8) is 0 Å². The Labute approximate surface area is 96.3 Å². The number of rotatable bonds is 7. The largest absolute Gasteiger partial charge is 0.359 e. The van der Waals surface area contributed by atoms with Gasteiger partial charge in [-0.15, -0.1) is 0 Å². The van der Waals surface area contributed by atoms with Gasteiger partial charge in [-0.25, -0.2) is 4.98 Å². The molecule has 0 aromatic carbocycles. The standard InChI is InChI=1S/C11H20N4O/c1-3-5-13-9-10-14-6-8-15(10)7-4-11(16)12-2/h6,8,13H,3-5,7,9H2,1-2H3,(H,12,16). The van der Waals surface area contributed by atoms with Crippen LogP contribution in [0, 0.1) is 0 Å². The Morgan fingerprint density at radius 3 is 3.06 bits per heavy atom. The number of imidazole rings is 1. The highest BCUT2D eigenvalue weighted by molar-refractivity contribution is 5.75. The lowest BCUT2D eigenvalue weighted by Gasteiger charge is -2.07. The Kier molecular flexibility index (Phi) is 5.56. The van der Waals surface area contributed by atoms with Gasteiger partial charge >= 0.3 is 0 Å². The molecule has 5 nitrogen and oxygen atoms in total. The van der Waals surface area contributed by atoms with E-state index in [-0.39, 0.29) is 5.91 Å². The highest BCUT2D eigenvalue weighted by atomic mass is 16.1. The van der Waals surface area contributed by atoms with E-state index in [1.165, 1.54) is 0 Å². The van der Waals surface area contributed by atoms with Gasteiger partial charge in [0.15, 0.2) is 0 Å². The minimum atomic E-state index is 0.0566. The summed E-state index contributed by atoms with van der Waals surface area (Å²) in [6, 6.07) is 0. The first kappa shape index (κ1) is 12.7. The number of nitrogens with zero attached hydrogens (tertiary/aromatic N) is 2. The smallest absolute Gasteiger partial charge is 0.221 e. The molecule has 5 heteroatoms. The zero-order valence-corrected chi connectivity index (χ0v) is 9.99. The van der Waals surface area contributed by atoms with Crippen LogP contribution in [0.4, 0.5) is 0 Å². The average molecular weight is 224 g/mol. The summed E-state index contributed by atoms with van der Waals surface area (Å²) in [7, 11) is 1.65. The SMILES string of the molecule is CCCNCc1nccn1CCC(=O)NC. The summed E-state index contributed by atoms with van der Waals surface area (Å²) in [5.74, 6) is 1.04. The molecule has 2 N–H and O–H groups in total. The number of hydrogen-bond acceptors (Lipinski definition) is 3. The molecule has 1 aromatic rings. The number of aryl methyl sites for hydroxylation is 1. The molecule has 1 heterocycles. The molecule has 0 fully saturated rings. The minimum absolute atomic E-state index is 0.0566. The zero-order valence-electron chi connectivity index (χ0n) is 9.99. The maximum Gasteiger partial charge on any atom is 0.221 e. The fourth-order valence-corrected chi connectivity index (χ4v) is 1.43. The Balaban J connectivity index is 2.40. The maximum atomic E-state index is 11.1. The lowest BCUT2D eigenvalue weighted by Crippen LogP contribution is -2.21. The van der Waals surface area contributed by atoms with E-state index in [1.807, 2.05) is 10.8 Å². The van der Waals surface area contributed by atoms with Crippen molar-refractivity contribution < 1.29 is 4.79 Å². The summed E-state index contributed by atoms with van der Waals surface area (Å²) in [6.07, 6.45) is 5.28. The summed E-state index contributed by atoms with van der Waals surface area (Å²) < 4.78 is 2.01. The first-order valence-corrected chi connectivity index (χ1v) is 5.69. The molecule has 0 bridgehead atoms. The van der Waals surface area contributed by atoms with Gasteiger partial charge in [0.2, 0.25) is 5.91 Å². The van der Waals surface area contributed by atoms with Crippen molar-refractivity contribution in [3.8, 4) is 0 Å². The van der Waals surface area contributed by atoms with Crippen molar-refractivity contribution in [2.24, 2.45) is 0 Å². The van der Waals surface area contributed by atoms with E-state index >= 15 is 0 Å². The van der Waals surface area contributed by atoms with Crippen LogP contribution in [0.5, 0.6) is 0 Å². The molecule has 0 aliphatic rings. The van der Waals surface area contributed by atoms with Crippen molar-refractivity contribution in [2.45, 2.75) is 32.9 Å². The molecule has 90 valence electrons. The van der Waals surface area contributed by atoms with Crippen LogP contribution >= 0.6 is 0 Å². The molecule has 1 aromatic heterocycles. The molecule has 0 aliphatic heterocycles. The molecule has 0 saturated heterocycles. The number of carbonyl (C=O) groups excluding carboxylic acids is 1. The van der Waals surface area contributed by atoms with Crippen LogP contribution < -0.4 is 10.6 Å². The van der Waals surface area contributed by atoms with Crippen molar-refractivity contribution >= 4 is 5.91 Å². The molecule has 1 amide bonds. The van der Waals surface area contributed by atoms with Crippen LogP contribution in [0.1, 0.15) is 25.6 Å². The van der Waals surface area contributed by atoms with Crippen molar-refractivity contribution in [1.29, 1.82) is 0 Å². The Bertz CT molecular complexity index is 322. The monoisotopic (exact) mass is 224 g/mol. The quantitative estimate of drug-likeness (QED) is 0.664. The van der Waals surface area contributed by atoms with E-state index < -0.39 is 0 Å². The van der Waals surface area contributed by atoms with Crippen LogP contribution in [-0.2, 0) is 17.9 Å². The minimum Gasteiger partial charge on any atom is -0.359 e. The summed E-state index contributed by atoms with van der Waals surface area (Å²) in [6.45, 7) is 4.56. The second kappa shape index (κ2) is 7.00. The molecule has 0 atom stereocenters. The first-order chi connectivity index (χ1) is 7.77. The molecule has 0 saturated carbocycles. The molecule has 0 aliphatic carbocycles. The molecule has 16 heavy (non-hydrogen) atoms. The van der Waals surface area contributed by atoms with Crippen LogP contribution in [0.15, 0.2) is 12.4 Å². The lowest BCUT2D eigenvalue weighted by molar-refractivity contribution is -0.120. The van der Waals surface area contributed by atoms with Crippen molar-refractivity contribution in [2.75, 3.05) is 13.6 Å². The summed E-state index contributed by atoms with van der Waals surface area (Å²) in [5.41, 5.74) is 0. The van der Waals surface area contributed by atoms with Gasteiger partial charge in [0.1, 0.15) is 5.82 Å². The highest BCUT2D eigenvalue weighted by Gasteiger charge is 2.04. The van der Waals surface area contributed by atoms with Gasteiger partial charge in [0.25, 0.3) is 0 Å². The second-order valence-corrected chi connectivity index (χ2v) is 3.64. The molecule has 1 rings (SSSR count).